The van der Waals surface area contributed by atoms with E-state index < -0.39 is 17.6 Å². The van der Waals surface area contributed by atoms with Crippen molar-refractivity contribution in [2.75, 3.05) is 7.05 Å². The number of benzene rings is 1. The van der Waals surface area contributed by atoms with Crippen LogP contribution in [0.1, 0.15) is 33.8 Å². The Kier molecular flexibility index (Phi) is 4.68. The van der Waals surface area contributed by atoms with Crippen molar-refractivity contribution in [1.29, 1.82) is 0 Å². The second-order valence-electron chi connectivity index (χ2n) is 4.62. The van der Waals surface area contributed by atoms with Crippen molar-refractivity contribution in [2.45, 2.75) is 25.6 Å². The van der Waals surface area contributed by atoms with E-state index in [9.17, 15) is 17.6 Å². The van der Waals surface area contributed by atoms with Crippen LogP contribution in [-0.4, -0.2) is 7.05 Å². The second-order valence-corrected chi connectivity index (χ2v) is 5.82. The lowest BCUT2D eigenvalue weighted by atomic mass is 10.0. The van der Waals surface area contributed by atoms with Crippen molar-refractivity contribution in [3.63, 3.8) is 0 Å². The molecule has 114 valence electrons. The second kappa shape index (κ2) is 6.15. The third kappa shape index (κ3) is 3.44. The van der Waals surface area contributed by atoms with E-state index in [1.165, 1.54) is 6.07 Å². The monoisotopic (exact) mass is 317 g/mol. The van der Waals surface area contributed by atoms with Crippen LogP contribution in [0.3, 0.4) is 0 Å². The van der Waals surface area contributed by atoms with E-state index in [-0.39, 0.29) is 6.04 Å². The molecule has 0 saturated carbocycles. The van der Waals surface area contributed by atoms with Crippen molar-refractivity contribution in [1.82, 2.24) is 5.32 Å². The highest BCUT2D eigenvalue weighted by molar-refractivity contribution is 7.12. The molecule has 0 saturated heterocycles. The number of alkyl halides is 3. The molecule has 2 rings (SSSR count). The zero-order chi connectivity index (χ0) is 15.6. The lowest BCUT2D eigenvalue weighted by Gasteiger charge is -2.17. The van der Waals surface area contributed by atoms with Gasteiger partial charge in [0.1, 0.15) is 5.82 Å². The van der Waals surface area contributed by atoms with Gasteiger partial charge in [0.25, 0.3) is 0 Å². The summed E-state index contributed by atoms with van der Waals surface area (Å²) in [5.74, 6) is -1.25. The van der Waals surface area contributed by atoms with Gasteiger partial charge in [0.2, 0.25) is 0 Å². The van der Waals surface area contributed by atoms with Gasteiger partial charge in [-0.25, -0.2) is 4.39 Å². The number of thiophene rings is 1. The summed E-state index contributed by atoms with van der Waals surface area (Å²) in [5.41, 5.74) is -0.830. The molecule has 0 radical (unpaired) electrons. The lowest BCUT2D eigenvalue weighted by molar-refractivity contribution is -0.140. The number of rotatable bonds is 4. The van der Waals surface area contributed by atoms with Crippen LogP contribution in [0.2, 0.25) is 0 Å². The third-order valence-electron chi connectivity index (χ3n) is 3.23. The minimum Gasteiger partial charge on any atom is -0.309 e. The van der Waals surface area contributed by atoms with Gasteiger partial charge in [-0.05, 0) is 43.3 Å². The molecule has 1 atom stereocenters. The first kappa shape index (κ1) is 16.0. The van der Waals surface area contributed by atoms with Gasteiger partial charge < -0.3 is 5.32 Å². The van der Waals surface area contributed by atoms with E-state index in [0.717, 1.165) is 28.3 Å². The topological polar surface area (TPSA) is 12.0 Å². The average molecular weight is 317 g/mol. The Morgan fingerprint density at radius 1 is 1.19 bits per heavy atom. The Morgan fingerprint density at radius 2 is 1.90 bits per heavy atom. The highest BCUT2D eigenvalue weighted by Gasteiger charge is 2.34. The molecule has 0 aliphatic carbocycles. The summed E-state index contributed by atoms with van der Waals surface area (Å²) in [5, 5.41) is 2.99. The van der Waals surface area contributed by atoms with Gasteiger partial charge in [0, 0.05) is 9.75 Å². The van der Waals surface area contributed by atoms with Crippen molar-refractivity contribution in [3.05, 3.63) is 57.0 Å². The molecule has 1 unspecified atom stereocenters. The Balaban J connectivity index is 2.43. The smallest absolute Gasteiger partial charge is 0.309 e. The Morgan fingerprint density at radius 3 is 2.43 bits per heavy atom. The van der Waals surface area contributed by atoms with Gasteiger partial charge in [-0.3, -0.25) is 0 Å². The zero-order valence-corrected chi connectivity index (χ0v) is 12.4. The van der Waals surface area contributed by atoms with Crippen LogP contribution in [-0.2, 0) is 12.6 Å². The van der Waals surface area contributed by atoms with Gasteiger partial charge in [-0.1, -0.05) is 13.0 Å². The zero-order valence-electron chi connectivity index (χ0n) is 11.6. The van der Waals surface area contributed by atoms with Gasteiger partial charge >= 0.3 is 6.18 Å². The van der Waals surface area contributed by atoms with Gasteiger partial charge in [0.05, 0.1) is 11.6 Å². The van der Waals surface area contributed by atoms with Crippen LogP contribution in [0, 0.1) is 5.82 Å². The summed E-state index contributed by atoms with van der Waals surface area (Å²) >= 11 is 1.54. The van der Waals surface area contributed by atoms with Crippen LogP contribution in [0.4, 0.5) is 17.6 Å². The van der Waals surface area contributed by atoms with Crippen molar-refractivity contribution >= 4 is 11.3 Å². The van der Waals surface area contributed by atoms with Crippen LogP contribution >= 0.6 is 11.3 Å². The Bertz CT molecular complexity index is 618. The van der Waals surface area contributed by atoms with Crippen molar-refractivity contribution in [2.24, 2.45) is 0 Å². The normalized spacial score (nSPS) is 13.4. The molecule has 0 spiro atoms. The molecule has 0 bridgehead atoms. The quantitative estimate of drug-likeness (QED) is 0.800. The van der Waals surface area contributed by atoms with Crippen LogP contribution in [0.15, 0.2) is 30.3 Å². The van der Waals surface area contributed by atoms with Crippen molar-refractivity contribution in [3.8, 4) is 0 Å². The third-order valence-corrected chi connectivity index (χ3v) is 4.53. The maximum Gasteiger partial charge on any atom is 0.419 e. The Labute approximate surface area is 124 Å². The van der Waals surface area contributed by atoms with Crippen LogP contribution in [0.5, 0.6) is 0 Å². The minimum absolute atomic E-state index is 0.378. The van der Waals surface area contributed by atoms with Gasteiger partial charge in [-0.2, -0.15) is 13.2 Å². The molecule has 1 aromatic carbocycles. The molecular weight excluding hydrogens is 302 g/mol. The average Bonchev–Trinajstić information content (AvgIpc) is 2.89. The summed E-state index contributed by atoms with van der Waals surface area (Å²) in [4.78, 5) is 2.07. The SMILES string of the molecule is CCc1ccc(C(NC)c2ccc(F)c(C(F)(F)F)c2)s1. The van der Waals surface area contributed by atoms with E-state index in [1.54, 1.807) is 18.4 Å². The first-order chi connectivity index (χ1) is 9.86. The molecule has 0 fully saturated rings. The molecule has 0 aliphatic heterocycles. The summed E-state index contributed by atoms with van der Waals surface area (Å²) in [7, 11) is 1.67. The number of halogens is 4. The van der Waals surface area contributed by atoms with E-state index in [4.69, 9.17) is 0 Å². The molecule has 2 aromatic rings. The Hall–Kier alpha value is -1.40. The molecule has 1 N–H and O–H groups in total. The standard InChI is InChI=1S/C15H15F4NS/c1-3-10-5-7-13(21-10)14(20-2)9-4-6-12(16)11(8-9)15(17,18)19/h4-8,14,20H,3H2,1-2H3. The summed E-state index contributed by atoms with van der Waals surface area (Å²) in [6, 6.07) is 6.60. The van der Waals surface area contributed by atoms with Gasteiger partial charge in [0.15, 0.2) is 0 Å². The number of aryl methyl sites for hydroxylation is 1. The first-order valence-electron chi connectivity index (χ1n) is 6.49. The predicted molar refractivity (Wildman–Crippen MR) is 76.0 cm³/mol. The fraction of sp³-hybridized carbons (Fsp3) is 0.333. The summed E-state index contributed by atoms with van der Waals surface area (Å²) < 4.78 is 51.8. The molecule has 1 aromatic heterocycles. The number of nitrogens with one attached hydrogen (secondary N) is 1. The first-order valence-corrected chi connectivity index (χ1v) is 7.31. The highest BCUT2D eigenvalue weighted by atomic mass is 32.1. The molecular formula is C15H15F4NS. The van der Waals surface area contributed by atoms with E-state index in [2.05, 4.69) is 5.32 Å². The van der Waals surface area contributed by atoms with Crippen molar-refractivity contribution < 1.29 is 17.6 Å². The molecule has 1 nitrogen and oxygen atoms in total. The number of hydrogen-bond donors (Lipinski definition) is 1. The highest BCUT2D eigenvalue weighted by Crippen LogP contribution is 2.35. The van der Waals surface area contributed by atoms with E-state index in [0.29, 0.717) is 5.56 Å². The predicted octanol–water partition coefficient (Wildman–Crippen LogP) is 4.78. The van der Waals surface area contributed by atoms with Crippen LogP contribution < -0.4 is 5.32 Å². The number of hydrogen-bond acceptors (Lipinski definition) is 2. The van der Waals surface area contributed by atoms with Crippen LogP contribution in [0.25, 0.3) is 0 Å². The molecule has 0 aliphatic rings. The molecule has 21 heavy (non-hydrogen) atoms. The fourth-order valence-electron chi connectivity index (χ4n) is 2.15. The molecule has 0 amide bonds. The maximum absolute atomic E-state index is 13.4. The van der Waals surface area contributed by atoms with Gasteiger partial charge in [-0.15, -0.1) is 11.3 Å². The fourth-order valence-corrected chi connectivity index (χ4v) is 3.24. The lowest BCUT2D eigenvalue weighted by Crippen LogP contribution is -2.18. The maximum atomic E-state index is 13.4. The largest absolute Gasteiger partial charge is 0.419 e. The molecule has 1 heterocycles. The minimum atomic E-state index is -4.69. The van der Waals surface area contributed by atoms with E-state index in [1.807, 2.05) is 19.1 Å². The summed E-state index contributed by atoms with van der Waals surface area (Å²) in [6.45, 7) is 2.02. The van der Waals surface area contributed by atoms with E-state index >= 15 is 0 Å². The molecule has 6 heteroatoms. The summed E-state index contributed by atoms with van der Waals surface area (Å²) in [6.07, 6.45) is -3.82.